The molecule has 0 amide bonds. The number of benzene rings is 8. The second kappa shape index (κ2) is 11.2. The molecule has 0 aliphatic rings. The van der Waals surface area contributed by atoms with Gasteiger partial charge >= 0.3 is 0 Å². The van der Waals surface area contributed by atoms with Gasteiger partial charge in [0.05, 0.1) is 5.69 Å². The van der Waals surface area contributed by atoms with Crippen LogP contribution in [-0.2, 0) is 0 Å². The van der Waals surface area contributed by atoms with Gasteiger partial charge in [0.2, 0.25) is 0 Å². The zero-order valence-electron chi connectivity index (χ0n) is 26.5. The van der Waals surface area contributed by atoms with Crippen molar-refractivity contribution in [2.24, 2.45) is 0 Å². The summed E-state index contributed by atoms with van der Waals surface area (Å²) in [5.41, 5.74) is 9.66. The predicted octanol–water partition coefficient (Wildman–Crippen LogP) is 13.9. The lowest BCUT2D eigenvalue weighted by molar-refractivity contribution is 0.669. The van der Waals surface area contributed by atoms with Gasteiger partial charge in [0.25, 0.3) is 0 Å². The molecule has 0 radical (unpaired) electrons. The van der Waals surface area contributed by atoms with Crippen LogP contribution in [0.15, 0.2) is 180 Å². The summed E-state index contributed by atoms with van der Waals surface area (Å²) in [4.78, 5) is 2.36. The van der Waals surface area contributed by atoms with E-state index in [9.17, 15) is 0 Å². The molecule has 230 valence electrons. The van der Waals surface area contributed by atoms with E-state index in [4.69, 9.17) is 4.42 Å². The fraction of sp³-hybridized carbons (Fsp3) is 0. The minimum atomic E-state index is 0.871. The lowest BCUT2D eigenvalue weighted by atomic mass is 9.97. The molecule has 0 aliphatic carbocycles. The lowest BCUT2D eigenvalue weighted by Gasteiger charge is -2.26. The van der Waals surface area contributed by atoms with Gasteiger partial charge in [-0.1, -0.05) is 127 Å². The quantitative estimate of drug-likeness (QED) is 0.186. The standard InChI is InChI=1S/C46H29NOS/c1-2-11-31(12-3-1)37-26-27-41(46-45(37)39-17-6-8-19-42(39)48-46)47(34-25-28-44-40(29-34)38-16-7-9-20-43(38)49-44)33-23-21-32(22-24-33)36-18-10-14-30-13-4-5-15-35(30)36/h1-29H. The van der Waals surface area contributed by atoms with E-state index in [1.165, 1.54) is 47.6 Å². The van der Waals surface area contributed by atoms with Crippen molar-refractivity contribution in [3.8, 4) is 22.3 Å². The molecule has 10 aromatic rings. The molecule has 0 aliphatic heterocycles. The minimum absolute atomic E-state index is 0.871. The highest BCUT2D eigenvalue weighted by atomic mass is 32.1. The van der Waals surface area contributed by atoms with E-state index in [1.54, 1.807) is 0 Å². The number of furan rings is 1. The monoisotopic (exact) mass is 643 g/mol. The largest absolute Gasteiger partial charge is 0.454 e. The highest BCUT2D eigenvalue weighted by Gasteiger charge is 2.23. The van der Waals surface area contributed by atoms with Crippen molar-refractivity contribution in [3.05, 3.63) is 176 Å². The van der Waals surface area contributed by atoms with Crippen LogP contribution in [0.25, 0.3) is 75.1 Å². The second-order valence-electron chi connectivity index (χ2n) is 12.5. The van der Waals surface area contributed by atoms with E-state index in [0.717, 1.165) is 44.6 Å². The summed E-state index contributed by atoms with van der Waals surface area (Å²) in [7, 11) is 0. The first kappa shape index (κ1) is 27.9. The third-order valence-electron chi connectivity index (χ3n) is 9.68. The van der Waals surface area contributed by atoms with Crippen LogP contribution in [-0.4, -0.2) is 0 Å². The van der Waals surface area contributed by atoms with E-state index in [-0.39, 0.29) is 0 Å². The third kappa shape index (κ3) is 4.55. The molecular weight excluding hydrogens is 615 g/mol. The summed E-state index contributed by atoms with van der Waals surface area (Å²) >= 11 is 1.84. The van der Waals surface area contributed by atoms with E-state index in [2.05, 4.69) is 175 Å². The maximum atomic E-state index is 6.81. The maximum absolute atomic E-state index is 6.81. The number of anilines is 3. The van der Waals surface area contributed by atoms with Gasteiger partial charge in [0.1, 0.15) is 5.58 Å². The highest BCUT2D eigenvalue weighted by molar-refractivity contribution is 7.25. The maximum Gasteiger partial charge on any atom is 0.160 e. The fourth-order valence-corrected chi connectivity index (χ4v) is 8.48. The molecule has 3 heteroatoms. The molecule has 49 heavy (non-hydrogen) atoms. The Labute approximate surface area is 287 Å². The third-order valence-corrected chi connectivity index (χ3v) is 10.8. The number of para-hydroxylation sites is 1. The molecule has 8 aromatic carbocycles. The molecule has 0 saturated heterocycles. The summed E-state index contributed by atoms with van der Waals surface area (Å²) in [5, 5.41) is 7.28. The Kier molecular flexibility index (Phi) is 6.39. The number of rotatable bonds is 5. The zero-order chi connectivity index (χ0) is 32.3. The van der Waals surface area contributed by atoms with Gasteiger partial charge in [-0.05, 0) is 81.6 Å². The van der Waals surface area contributed by atoms with Gasteiger partial charge in [-0.2, -0.15) is 0 Å². The normalized spacial score (nSPS) is 11.7. The molecule has 0 atom stereocenters. The van der Waals surface area contributed by atoms with Crippen LogP contribution < -0.4 is 4.90 Å². The molecule has 0 N–H and O–H groups in total. The minimum Gasteiger partial charge on any atom is -0.454 e. The zero-order valence-corrected chi connectivity index (χ0v) is 27.3. The van der Waals surface area contributed by atoms with E-state index in [0.29, 0.717) is 0 Å². The van der Waals surface area contributed by atoms with Crippen LogP contribution >= 0.6 is 11.3 Å². The van der Waals surface area contributed by atoms with E-state index in [1.807, 2.05) is 17.4 Å². The van der Waals surface area contributed by atoms with E-state index < -0.39 is 0 Å². The Bertz CT molecular complexity index is 2820. The van der Waals surface area contributed by atoms with Gasteiger partial charge in [-0.3, -0.25) is 0 Å². The smallest absolute Gasteiger partial charge is 0.160 e. The number of thiophene rings is 1. The average Bonchev–Trinajstić information content (AvgIpc) is 3.74. The molecule has 2 aromatic heterocycles. The van der Waals surface area contributed by atoms with Crippen LogP contribution in [0, 0.1) is 0 Å². The Morgan fingerprint density at radius 2 is 1.10 bits per heavy atom. The molecule has 0 fully saturated rings. The average molecular weight is 644 g/mol. The van der Waals surface area contributed by atoms with Crippen LogP contribution in [0.5, 0.6) is 0 Å². The molecular formula is C46H29NOS. The summed E-state index contributed by atoms with van der Waals surface area (Å²) in [5.74, 6) is 0. The first-order valence-corrected chi connectivity index (χ1v) is 17.4. The second-order valence-corrected chi connectivity index (χ2v) is 13.6. The molecule has 0 unspecified atom stereocenters. The number of hydrogen-bond donors (Lipinski definition) is 0. The Balaban J connectivity index is 1.22. The highest BCUT2D eigenvalue weighted by Crippen LogP contribution is 2.47. The summed E-state index contributed by atoms with van der Waals surface area (Å²) in [6.07, 6.45) is 0. The summed E-state index contributed by atoms with van der Waals surface area (Å²) in [6.45, 7) is 0. The SMILES string of the molecule is c1ccc(-c2ccc(N(c3ccc(-c4cccc5ccccc45)cc3)c3ccc4sc5ccccc5c4c3)c3oc4ccccc4c23)cc1. The summed E-state index contributed by atoms with van der Waals surface area (Å²) in [6, 6.07) is 63.1. The van der Waals surface area contributed by atoms with Crippen LogP contribution in [0.2, 0.25) is 0 Å². The number of nitrogens with zero attached hydrogens (tertiary/aromatic N) is 1. The van der Waals surface area contributed by atoms with Gasteiger partial charge in [-0.25, -0.2) is 0 Å². The molecule has 0 saturated carbocycles. The molecule has 0 spiro atoms. The fourth-order valence-electron chi connectivity index (χ4n) is 7.40. The Morgan fingerprint density at radius 1 is 0.429 bits per heavy atom. The first-order chi connectivity index (χ1) is 24.3. The Hall–Kier alpha value is -6.16. The number of fused-ring (bicyclic) bond motifs is 7. The molecule has 2 nitrogen and oxygen atoms in total. The molecule has 0 bridgehead atoms. The molecule has 2 heterocycles. The first-order valence-electron chi connectivity index (χ1n) is 16.6. The predicted molar refractivity (Wildman–Crippen MR) is 210 cm³/mol. The van der Waals surface area contributed by atoms with Gasteiger partial charge in [0, 0.05) is 42.3 Å². The van der Waals surface area contributed by atoms with Crippen LogP contribution in [0.3, 0.4) is 0 Å². The van der Waals surface area contributed by atoms with Crippen molar-refractivity contribution < 1.29 is 4.42 Å². The topological polar surface area (TPSA) is 16.4 Å². The van der Waals surface area contributed by atoms with Crippen molar-refractivity contribution in [1.82, 2.24) is 0 Å². The number of hydrogen-bond acceptors (Lipinski definition) is 3. The summed E-state index contributed by atoms with van der Waals surface area (Å²) < 4.78 is 9.39. The van der Waals surface area contributed by atoms with Crippen molar-refractivity contribution >= 4 is 81.3 Å². The van der Waals surface area contributed by atoms with Crippen molar-refractivity contribution in [2.45, 2.75) is 0 Å². The van der Waals surface area contributed by atoms with Crippen molar-refractivity contribution in [1.29, 1.82) is 0 Å². The van der Waals surface area contributed by atoms with Crippen molar-refractivity contribution in [3.63, 3.8) is 0 Å². The van der Waals surface area contributed by atoms with Gasteiger partial charge < -0.3 is 9.32 Å². The van der Waals surface area contributed by atoms with Crippen molar-refractivity contribution in [2.75, 3.05) is 4.90 Å². The van der Waals surface area contributed by atoms with Gasteiger partial charge in [0.15, 0.2) is 5.58 Å². The van der Waals surface area contributed by atoms with Crippen LogP contribution in [0.1, 0.15) is 0 Å². The van der Waals surface area contributed by atoms with E-state index >= 15 is 0 Å². The molecule has 10 rings (SSSR count). The van der Waals surface area contributed by atoms with Gasteiger partial charge in [-0.15, -0.1) is 11.3 Å². The Morgan fingerprint density at radius 3 is 1.98 bits per heavy atom. The lowest BCUT2D eigenvalue weighted by Crippen LogP contribution is -2.10. The van der Waals surface area contributed by atoms with Crippen LogP contribution in [0.4, 0.5) is 17.1 Å².